The average molecular weight is 381 g/mol. The van der Waals surface area contributed by atoms with Crippen LogP contribution >= 0.6 is 11.8 Å². The molecule has 0 atom stereocenters. The largest absolute Gasteiger partial charge is 0.504 e. The fraction of sp³-hybridized carbons (Fsp3) is 0.0625. The number of nitrogens with one attached hydrogen (secondary N) is 1. The van der Waals surface area contributed by atoms with Gasteiger partial charge in [-0.05, 0) is 12.1 Å². The first-order valence-corrected chi connectivity index (χ1v) is 7.89. The average Bonchev–Trinajstić information content (AvgIpc) is 3.26. The van der Waals surface area contributed by atoms with Gasteiger partial charge in [-0.3, -0.25) is 9.89 Å². The summed E-state index contributed by atoms with van der Waals surface area (Å²) in [6.45, 7) is 0. The Bertz CT molecular complexity index is 949. The Morgan fingerprint density at radius 2 is 2.00 bits per heavy atom. The lowest BCUT2D eigenvalue weighted by Gasteiger charge is -2.11. The molecule has 26 heavy (non-hydrogen) atoms. The molecule has 0 fully saturated rings. The number of H-pyrrole nitrogens is 1. The molecule has 6 nitrogen and oxygen atoms in total. The van der Waals surface area contributed by atoms with E-state index < -0.39 is 23.3 Å². The molecule has 0 spiro atoms. The Hall–Kier alpha value is -3.01. The van der Waals surface area contributed by atoms with Crippen molar-refractivity contribution >= 4 is 23.3 Å². The second-order valence-corrected chi connectivity index (χ2v) is 6.05. The Morgan fingerprint density at radius 3 is 2.69 bits per heavy atom. The van der Waals surface area contributed by atoms with Crippen molar-refractivity contribution in [3.63, 3.8) is 0 Å². The second-order valence-electron chi connectivity index (χ2n) is 4.96. The van der Waals surface area contributed by atoms with Crippen LogP contribution in [0.15, 0.2) is 63.4 Å². The molecule has 0 bridgehead atoms. The minimum atomic E-state index is -4.53. The molecule has 2 aromatic heterocycles. The Kier molecular flexibility index (Phi) is 4.85. The number of aliphatic hydroxyl groups excluding tert-OH is 1. The molecule has 0 saturated carbocycles. The van der Waals surface area contributed by atoms with E-state index in [-0.39, 0.29) is 21.2 Å². The van der Waals surface area contributed by atoms with Crippen LogP contribution in [0.4, 0.5) is 13.2 Å². The summed E-state index contributed by atoms with van der Waals surface area (Å²) in [5, 5.41) is 15.8. The molecule has 3 rings (SSSR count). The van der Waals surface area contributed by atoms with E-state index in [9.17, 15) is 23.1 Å². The lowest BCUT2D eigenvalue weighted by Crippen LogP contribution is -2.06. The van der Waals surface area contributed by atoms with Gasteiger partial charge in [0.15, 0.2) is 11.5 Å². The van der Waals surface area contributed by atoms with Gasteiger partial charge in [0.25, 0.3) is 0 Å². The van der Waals surface area contributed by atoms with Crippen molar-refractivity contribution in [2.24, 2.45) is 0 Å². The Labute approximate surface area is 148 Å². The smallest absolute Gasteiger partial charge is 0.417 e. The van der Waals surface area contributed by atoms with Crippen LogP contribution in [0.1, 0.15) is 21.7 Å². The molecule has 1 aromatic carbocycles. The van der Waals surface area contributed by atoms with Crippen LogP contribution in [0.25, 0.3) is 5.76 Å². The summed E-state index contributed by atoms with van der Waals surface area (Å²) in [7, 11) is 0. The van der Waals surface area contributed by atoms with Gasteiger partial charge in [0.05, 0.1) is 16.0 Å². The number of allylic oxidation sites excluding steroid dienone is 1. The lowest BCUT2D eigenvalue weighted by atomic mass is 10.2. The molecule has 2 N–H and O–H groups in total. The highest BCUT2D eigenvalue weighted by atomic mass is 32.2. The molecule has 10 heteroatoms. The zero-order chi connectivity index (χ0) is 18.7. The molecule has 2 heterocycles. The van der Waals surface area contributed by atoms with E-state index in [1.54, 1.807) is 0 Å². The molecule has 134 valence electrons. The van der Waals surface area contributed by atoms with E-state index in [1.807, 2.05) is 0 Å². The van der Waals surface area contributed by atoms with Crippen LogP contribution in [0, 0.1) is 0 Å². The van der Waals surface area contributed by atoms with Crippen LogP contribution < -0.4 is 0 Å². The van der Waals surface area contributed by atoms with E-state index in [1.165, 1.54) is 30.8 Å². The maximum atomic E-state index is 13.1. The zero-order valence-electron chi connectivity index (χ0n) is 12.8. The highest BCUT2D eigenvalue weighted by Crippen LogP contribution is 2.40. The summed E-state index contributed by atoms with van der Waals surface area (Å²) in [5.41, 5.74) is -0.808. The number of carbonyl (C=O) groups is 1. The van der Waals surface area contributed by atoms with E-state index in [4.69, 9.17) is 4.42 Å². The maximum Gasteiger partial charge on any atom is 0.417 e. The standard InChI is InChI=1S/C16H10F3N3O3S/c17-16(18,19)10-3-1-2-4-13(10)26-14-7-25-6-9(14)11(23)5-12(24)15-20-8-21-22-15/h1-8,24H,(H,20,21,22). The van der Waals surface area contributed by atoms with Crippen molar-refractivity contribution in [1.29, 1.82) is 0 Å². The van der Waals surface area contributed by atoms with E-state index in [2.05, 4.69) is 15.2 Å². The number of ketones is 1. The molecule has 0 aliphatic rings. The summed E-state index contributed by atoms with van der Waals surface area (Å²) in [6.07, 6.45) is -0.169. The van der Waals surface area contributed by atoms with Crippen molar-refractivity contribution in [2.75, 3.05) is 0 Å². The van der Waals surface area contributed by atoms with Crippen LogP contribution in [0.3, 0.4) is 0 Å². The number of hydrogen-bond donors (Lipinski definition) is 2. The van der Waals surface area contributed by atoms with Gasteiger partial charge in [-0.25, -0.2) is 4.98 Å². The van der Waals surface area contributed by atoms with Gasteiger partial charge in [-0.1, -0.05) is 23.9 Å². The number of carbonyl (C=O) groups excluding carboxylic acids is 1. The quantitative estimate of drug-likeness (QED) is 0.388. The van der Waals surface area contributed by atoms with Gasteiger partial charge < -0.3 is 9.52 Å². The van der Waals surface area contributed by atoms with Crippen LogP contribution in [-0.4, -0.2) is 26.1 Å². The highest BCUT2D eigenvalue weighted by Gasteiger charge is 2.33. The number of hydrogen-bond acceptors (Lipinski definition) is 6. The number of halogens is 3. The summed E-state index contributed by atoms with van der Waals surface area (Å²) >= 11 is 0.744. The number of aromatic amines is 1. The number of nitrogens with zero attached hydrogens (tertiary/aromatic N) is 2. The summed E-state index contributed by atoms with van der Waals surface area (Å²) in [5.74, 6) is -1.23. The predicted molar refractivity (Wildman–Crippen MR) is 85.6 cm³/mol. The molecule has 0 amide bonds. The van der Waals surface area contributed by atoms with Crippen molar-refractivity contribution in [2.45, 2.75) is 16.0 Å². The Morgan fingerprint density at radius 1 is 1.23 bits per heavy atom. The molecule has 0 aliphatic carbocycles. The van der Waals surface area contributed by atoms with Crippen LogP contribution in [0.5, 0.6) is 0 Å². The van der Waals surface area contributed by atoms with Crippen molar-refractivity contribution < 1.29 is 27.5 Å². The molecule has 3 aromatic rings. The van der Waals surface area contributed by atoms with E-state index in [0.29, 0.717) is 0 Å². The summed E-state index contributed by atoms with van der Waals surface area (Å²) < 4.78 is 44.3. The predicted octanol–water partition coefficient (Wildman–Crippen LogP) is 4.35. The number of aromatic nitrogens is 3. The molecule has 0 aliphatic heterocycles. The van der Waals surface area contributed by atoms with Gasteiger partial charge >= 0.3 is 6.18 Å². The van der Waals surface area contributed by atoms with Crippen LogP contribution in [-0.2, 0) is 6.18 Å². The minimum absolute atomic E-state index is 0.00839. The molecule has 0 saturated heterocycles. The monoisotopic (exact) mass is 381 g/mol. The second kappa shape index (κ2) is 7.08. The molecule has 0 unspecified atom stereocenters. The zero-order valence-corrected chi connectivity index (χ0v) is 13.6. The molecular weight excluding hydrogens is 371 g/mol. The minimum Gasteiger partial charge on any atom is -0.504 e. The third-order valence-electron chi connectivity index (χ3n) is 3.22. The van der Waals surface area contributed by atoms with E-state index in [0.717, 1.165) is 30.2 Å². The normalized spacial score (nSPS) is 12.3. The first-order chi connectivity index (χ1) is 12.4. The summed E-state index contributed by atoms with van der Waals surface area (Å²) in [4.78, 5) is 16.1. The first-order valence-electron chi connectivity index (χ1n) is 7.07. The number of alkyl halides is 3. The highest BCUT2D eigenvalue weighted by molar-refractivity contribution is 7.99. The number of rotatable bonds is 5. The van der Waals surface area contributed by atoms with E-state index >= 15 is 0 Å². The number of furan rings is 1. The van der Waals surface area contributed by atoms with Crippen molar-refractivity contribution in [3.05, 3.63) is 66.1 Å². The van der Waals surface area contributed by atoms with Gasteiger partial charge in [0.1, 0.15) is 18.9 Å². The SMILES string of the molecule is O=C(C=C(O)c1nc[nH]n1)c1cocc1Sc1ccccc1C(F)(F)F. The van der Waals surface area contributed by atoms with Gasteiger partial charge in [-0.15, -0.1) is 0 Å². The Balaban J connectivity index is 1.89. The lowest BCUT2D eigenvalue weighted by molar-refractivity contribution is -0.139. The van der Waals surface area contributed by atoms with Gasteiger partial charge in [0, 0.05) is 11.0 Å². The summed E-state index contributed by atoms with van der Waals surface area (Å²) in [6, 6.07) is 5.01. The number of aliphatic hydroxyl groups is 1. The third kappa shape index (κ3) is 3.80. The first kappa shape index (κ1) is 17.8. The molecule has 0 radical (unpaired) electrons. The van der Waals surface area contributed by atoms with Gasteiger partial charge in [-0.2, -0.15) is 18.3 Å². The van der Waals surface area contributed by atoms with Gasteiger partial charge in [0.2, 0.25) is 5.82 Å². The third-order valence-corrected chi connectivity index (χ3v) is 4.33. The fourth-order valence-corrected chi connectivity index (χ4v) is 3.09. The topological polar surface area (TPSA) is 92.0 Å². The fourth-order valence-electron chi connectivity index (χ4n) is 2.05. The van der Waals surface area contributed by atoms with Crippen molar-refractivity contribution in [3.8, 4) is 0 Å². The maximum absolute atomic E-state index is 13.1. The van der Waals surface area contributed by atoms with Crippen molar-refractivity contribution in [1.82, 2.24) is 15.2 Å². The number of benzene rings is 1. The molecular formula is C16H10F3N3O3S. The van der Waals surface area contributed by atoms with Crippen LogP contribution in [0.2, 0.25) is 0 Å².